The lowest BCUT2D eigenvalue weighted by Crippen LogP contribution is -1.98. The van der Waals surface area contributed by atoms with Crippen molar-refractivity contribution in [1.82, 2.24) is 4.98 Å². The first kappa shape index (κ1) is 12.1. The number of aryl methyl sites for hydroxylation is 1. The molecule has 0 bridgehead atoms. The average molecular weight is 248 g/mol. The molecule has 0 fully saturated rings. The Hall–Kier alpha value is -1.38. The summed E-state index contributed by atoms with van der Waals surface area (Å²) in [4.78, 5) is 4.49. The summed E-state index contributed by atoms with van der Waals surface area (Å²) in [5.74, 6) is 0. The fourth-order valence-electron chi connectivity index (χ4n) is 1.79. The Bertz CT molecular complexity index is 520. The van der Waals surface area contributed by atoms with Crippen LogP contribution in [-0.4, -0.2) is 10.1 Å². The minimum atomic E-state index is -0.484. The number of benzene rings is 1. The van der Waals surface area contributed by atoms with E-state index < -0.39 is 6.10 Å². The molecule has 1 aromatic carbocycles. The minimum Gasteiger partial charge on any atom is -0.389 e. The van der Waals surface area contributed by atoms with Gasteiger partial charge in [-0.2, -0.15) is 0 Å². The zero-order valence-corrected chi connectivity index (χ0v) is 10.6. The van der Waals surface area contributed by atoms with Crippen molar-refractivity contribution >= 4 is 11.6 Å². The van der Waals surface area contributed by atoms with Crippen LogP contribution in [0.15, 0.2) is 36.4 Å². The third-order valence-electron chi connectivity index (χ3n) is 2.72. The van der Waals surface area contributed by atoms with Gasteiger partial charge in [0.2, 0.25) is 0 Å². The molecule has 2 aromatic rings. The lowest BCUT2D eigenvalue weighted by Gasteiger charge is -2.10. The number of nitrogens with zero attached hydrogens (tertiary/aromatic N) is 1. The van der Waals surface area contributed by atoms with Crippen molar-refractivity contribution in [2.75, 3.05) is 0 Å². The van der Waals surface area contributed by atoms with Crippen molar-refractivity contribution < 1.29 is 5.11 Å². The number of pyridine rings is 1. The predicted molar refractivity (Wildman–Crippen MR) is 70.1 cm³/mol. The zero-order chi connectivity index (χ0) is 12.4. The molecule has 17 heavy (non-hydrogen) atoms. The van der Waals surface area contributed by atoms with Crippen LogP contribution in [0.25, 0.3) is 11.3 Å². The van der Waals surface area contributed by atoms with Gasteiger partial charge in [-0.25, -0.2) is 0 Å². The second-order valence-electron chi connectivity index (χ2n) is 4.05. The lowest BCUT2D eigenvalue weighted by atomic mass is 10.1. The van der Waals surface area contributed by atoms with Gasteiger partial charge < -0.3 is 5.11 Å². The maximum Gasteiger partial charge on any atom is 0.0779 e. The summed E-state index contributed by atoms with van der Waals surface area (Å²) in [6.45, 7) is 3.65. The van der Waals surface area contributed by atoms with Gasteiger partial charge in [-0.3, -0.25) is 4.98 Å². The highest BCUT2D eigenvalue weighted by Gasteiger charge is 2.07. The van der Waals surface area contributed by atoms with E-state index in [9.17, 15) is 5.11 Å². The Morgan fingerprint density at radius 2 is 1.76 bits per heavy atom. The van der Waals surface area contributed by atoms with E-state index in [-0.39, 0.29) is 0 Å². The monoisotopic (exact) mass is 247 g/mol. The van der Waals surface area contributed by atoms with Gasteiger partial charge in [0, 0.05) is 21.8 Å². The predicted octanol–water partition coefficient (Wildman–Crippen LogP) is 3.76. The smallest absolute Gasteiger partial charge is 0.0779 e. The van der Waals surface area contributed by atoms with Crippen molar-refractivity contribution in [2.45, 2.75) is 20.0 Å². The average Bonchev–Trinajstić information content (AvgIpc) is 2.29. The van der Waals surface area contributed by atoms with E-state index >= 15 is 0 Å². The second-order valence-corrected chi connectivity index (χ2v) is 4.49. The van der Waals surface area contributed by atoms with Gasteiger partial charge in [0.25, 0.3) is 0 Å². The highest BCUT2D eigenvalue weighted by molar-refractivity contribution is 6.30. The van der Waals surface area contributed by atoms with Gasteiger partial charge in [0.1, 0.15) is 0 Å². The normalized spacial score (nSPS) is 12.5. The van der Waals surface area contributed by atoms with Crippen molar-refractivity contribution in [3.8, 4) is 11.3 Å². The molecule has 0 spiro atoms. The molecule has 0 amide bonds. The van der Waals surface area contributed by atoms with Crippen LogP contribution in [0.4, 0.5) is 0 Å². The van der Waals surface area contributed by atoms with E-state index in [1.54, 1.807) is 6.92 Å². The highest BCUT2D eigenvalue weighted by atomic mass is 35.5. The van der Waals surface area contributed by atoms with Crippen LogP contribution < -0.4 is 0 Å². The van der Waals surface area contributed by atoms with Crippen LogP contribution in [0.1, 0.15) is 24.3 Å². The number of hydrogen-bond acceptors (Lipinski definition) is 2. The van der Waals surface area contributed by atoms with Crippen LogP contribution in [0.5, 0.6) is 0 Å². The Morgan fingerprint density at radius 1 is 1.12 bits per heavy atom. The number of aliphatic hydroxyl groups is 1. The van der Waals surface area contributed by atoms with Gasteiger partial charge in [0.15, 0.2) is 0 Å². The quantitative estimate of drug-likeness (QED) is 0.877. The van der Waals surface area contributed by atoms with Gasteiger partial charge in [-0.1, -0.05) is 29.8 Å². The van der Waals surface area contributed by atoms with E-state index in [2.05, 4.69) is 4.98 Å². The summed E-state index contributed by atoms with van der Waals surface area (Å²) in [6.07, 6.45) is -0.484. The summed E-state index contributed by atoms with van der Waals surface area (Å²) in [6, 6.07) is 11.4. The van der Waals surface area contributed by atoms with Crippen LogP contribution >= 0.6 is 11.6 Å². The summed E-state index contributed by atoms with van der Waals surface area (Å²) in [5, 5.41) is 10.3. The summed E-state index contributed by atoms with van der Waals surface area (Å²) in [7, 11) is 0. The SMILES string of the molecule is Cc1nc(-c2ccc(Cl)cc2)ccc1[C@@H](C)O. The highest BCUT2D eigenvalue weighted by Crippen LogP contribution is 2.23. The van der Waals surface area contributed by atoms with Gasteiger partial charge >= 0.3 is 0 Å². The molecule has 3 heteroatoms. The molecule has 2 nitrogen and oxygen atoms in total. The molecule has 0 aliphatic carbocycles. The van der Waals surface area contributed by atoms with E-state index in [1.165, 1.54) is 0 Å². The van der Waals surface area contributed by atoms with Crippen LogP contribution in [-0.2, 0) is 0 Å². The van der Waals surface area contributed by atoms with Gasteiger partial charge in [0.05, 0.1) is 11.8 Å². The largest absolute Gasteiger partial charge is 0.389 e. The fraction of sp³-hybridized carbons (Fsp3) is 0.214. The van der Waals surface area contributed by atoms with Crippen molar-refractivity contribution in [1.29, 1.82) is 0 Å². The van der Waals surface area contributed by atoms with E-state index in [4.69, 9.17) is 11.6 Å². The molecule has 2 rings (SSSR count). The van der Waals surface area contributed by atoms with E-state index in [1.807, 2.05) is 43.3 Å². The standard InChI is InChI=1S/C14H14ClNO/c1-9-13(10(2)17)7-8-14(16-9)11-3-5-12(15)6-4-11/h3-8,10,17H,1-2H3/t10-/m1/s1. The molecule has 0 saturated carbocycles. The molecular weight excluding hydrogens is 234 g/mol. The molecule has 1 aromatic heterocycles. The summed E-state index contributed by atoms with van der Waals surface area (Å²) < 4.78 is 0. The van der Waals surface area contributed by atoms with Crippen LogP contribution in [0.2, 0.25) is 5.02 Å². The molecule has 0 saturated heterocycles. The van der Waals surface area contributed by atoms with Gasteiger partial charge in [-0.15, -0.1) is 0 Å². The Kier molecular flexibility index (Phi) is 3.46. The molecule has 1 N–H and O–H groups in total. The minimum absolute atomic E-state index is 0.484. The third-order valence-corrected chi connectivity index (χ3v) is 2.97. The van der Waals surface area contributed by atoms with Crippen molar-refractivity contribution in [3.05, 3.63) is 52.7 Å². The number of halogens is 1. The first-order valence-corrected chi connectivity index (χ1v) is 5.87. The molecule has 1 heterocycles. The van der Waals surface area contributed by atoms with Crippen molar-refractivity contribution in [3.63, 3.8) is 0 Å². The lowest BCUT2D eigenvalue weighted by molar-refractivity contribution is 0.198. The van der Waals surface area contributed by atoms with Crippen molar-refractivity contribution in [2.24, 2.45) is 0 Å². The molecule has 0 unspecified atom stereocenters. The van der Waals surface area contributed by atoms with Crippen LogP contribution in [0, 0.1) is 6.92 Å². The molecule has 1 atom stereocenters. The molecular formula is C14H14ClNO. The fourth-order valence-corrected chi connectivity index (χ4v) is 1.92. The number of aliphatic hydroxyl groups excluding tert-OH is 1. The molecule has 0 aliphatic rings. The topological polar surface area (TPSA) is 33.1 Å². The second kappa shape index (κ2) is 4.86. The molecule has 88 valence electrons. The summed E-state index contributed by atoms with van der Waals surface area (Å²) >= 11 is 5.84. The zero-order valence-electron chi connectivity index (χ0n) is 9.81. The number of hydrogen-bond donors (Lipinski definition) is 1. The van der Waals surface area contributed by atoms with E-state index in [0.29, 0.717) is 5.02 Å². The Labute approximate surface area is 106 Å². The molecule has 0 radical (unpaired) electrons. The first-order valence-electron chi connectivity index (χ1n) is 5.49. The Balaban J connectivity index is 2.41. The molecule has 0 aliphatic heterocycles. The Morgan fingerprint density at radius 3 is 2.29 bits per heavy atom. The first-order chi connectivity index (χ1) is 8.08. The summed E-state index contributed by atoms with van der Waals surface area (Å²) in [5.41, 5.74) is 3.63. The van der Waals surface area contributed by atoms with Crippen LogP contribution in [0.3, 0.4) is 0 Å². The van der Waals surface area contributed by atoms with Gasteiger partial charge in [-0.05, 0) is 32.0 Å². The number of rotatable bonds is 2. The number of aromatic nitrogens is 1. The maximum atomic E-state index is 9.54. The third kappa shape index (κ3) is 2.65. The maximum absolute atomic E-state index is 9.54. The van der Waals surface area contributed by atoms with E-state index in [0.717, 1.165) is 22.5 Å².